The van der Waals surface area contributed by atoms with Crippen molar-refractivity contribution in [3.8, 4) is 11.3 Å². The number of likely N-dealkylation sites (N-methyl/N-ethyl adjacent to an activating group) is 1. The third kappa shape index (κ3) is 7.03. The van der Waals surface area contributed by atoms with Crippen LogP contribution in [-0.4, -0.2) is 79.7 Å². The molecule has 0 saturated carbocycles. The van der Waals surface area contributed by atoms with Crippen LogP contribution in [0.5, 0.6) is 0 Å². The first kappa shape index (κ1) is 20.9. The number of H-pyrrole nitrogens is 1. The fourth-order valence-corrected chi connectivity index (χ4v) is 2.66. The maximum absolute atomic E-state index is 5.11. The van der Waals surface area contributed by atoms with Crippen LogP contribution in [-0.2, 0) is 11.3 Å². The number of guanidine groups is 1. The average molecular weight is 373 g/mol. The largest absolute Gasteiger partial charge is 0.383 e. The lowest BCUT2D eigenvalue weighted by atomic mass is 10.2. The Morgan fingerprint density at radius 2 is 2.00 bits per heavy atom. The second kappa shape index (κ2) is 11.4. The first-order chi connectivity index (χ1) is 13.1. The summed E-state index contributed by atoms with van der Waals surface area (Å²) < 4.78 is 5.11. The van der Waals surface area contributed by atoms with E-state index in [1.54, 1.807) is 7.11 Å². The molecule has 2 rings (SSSR count). The molecule has 1 aromatic heterocycles. The molecule has 0 bridgehead atoms. The van der Waals surface area contributed by atoms with E-state index >= 15 is 0 Å². The molecule has 7 nitrogen and oxygen atoms in total. The highest BCUT2D eigenvalue weighted by Gasteiger charge is 2.10. The molecule has 0 spiro atoms. The summed E-state index contributed by atoms with van der Waals surface area (Å²) in [6.45, 7) is 6.85. The Labute approximate surface area is 162 Å². The van der Waals surface area contributed by atoms with Crippen LogP contribution in [0.1, 0.15) is 12.7 Å². The minimum Gasteiger partial charge on any atom is -0.383 e. The normalized spacial score (nSPS) is 11.8. The molecule has 0 aliphatic heterocycles. The molecule has 0 aliphatic carbocycles. The van der Waals surface area contributed by atoms with E-state index in [1.165, 1.54) is 0 Å². The van der Waals surface area contributed by atoms with Gasteiger partial charge in [0, 0.05) is 33.8 Å². The van der Waals surface area contributed by atoms with Crippen LogP contribution in [0.15, 0.2) is 41.5 Å². The Morgan fingerprint density at radius 1 is 1.22 bits per heavy atom. The van der Waals surface area contributed by atoms with Crippen molar-refractivity contribution in [2.45, 2.75) is 13.5 Å². The first-order valence-corrected chi connectivity index (χ1v) is 9.40. The number of nitrogens with zero attached hydrogens (tertiary/aromatic N) is 4. The van der Waals surface area contributed by atoms with Crippen LogP contribution < -0.4 is 5.32 Å². The van der Waals surface area contributed by atoms with Crippen LogP contribution in [0.4, 0.5) is 0 Å². The maximum atomic E-state index is 5.11. The van der Waals surface area contributed by atoms with E-state index in [1.807, 2.05) is 31.4 Å². The SMILES string of the molecule is CCNC(=NCCN(C)CCOC)N(C)Cc1ncc(-c2ccccc2)[nH]1. The Bertz CT molecular complexity index is 685. The van der Waals surface area contributed by atoms with E-state index in [2.05, 4.69) is 51.2 Å². The molecular weight excluding hydrogens is 340 g/mol. The monoisotopic (exact) mass is 372 g/mol. The topological polar surface area (TPSA) is 68.8 Å². The zero-order chi connectivity index (χ0) is 19.5. The Hall–Kier alpha value is -2.38. The molecule has 27 heavy (non-hydrogen) atoms. The van der Waals surface area contributed by atoms with Crippen molar-refractivity contribution in [2.24, 2.45) is 4.99 Å². The van der Waals surface area contributed by atoms with Gasteiger partial charge in [0.1, 0.15) is 5.82 Å². The average Bonchev–Trinajstić information content (AvgIpc) is 3.14. The van der Waals surface area contributed by atoms with Crippen molar-refractivity contribution in [3.63, 3.8) is 0 Å². The number of aliphatic imine (C=N–C) groups is 1. The number of nitrogens with one attached hydrogen (secondary N) is 2. The predicted molar refractivity (Wildman–Crippen MR) is 111 cm³/mol. The third-order valence-corrected chi connectivity index (χ3v) is 4.22. The molecule has 0 aliphatic rings. The smallest absolute Gasteiger partial charge is 0.194 e. The van der Waals surface area contributed by atoms with Gasteiger partial charge in [-0.3, -0.25) is 4.99 Å². The summed E-state index contributed by atoms with van der Waals surface area (Å²) in [7, 11) is 5.84. The minimum atomic E-state index is 0.665. The Kier molecular flexibility index (Phi) is 8.80. The summed E-state index contributed by atoms with van der Waals surface area (Å²) in [6, 6.07) is 10.2. The van der Waals surface area contributed by atoms with Crippen molar-refractivity contribution in [2.75, 3.05) is 54.0 Å². The van der Waals surface area contributed by atoms with Crippen LogP contribution in [0, 0.1) is 0 Å². The highest BCUT2D eigenvalue weighted by atomic mass is 16.5. The number of ether oxygens (including phenoxy) is 1. The van der Waals surface area contributed by atoms with Crippen molar-refractivity contribution >= 4 is 5.96 Å². The molecule has 0 atom stereocenters. The van der Waals surface area contributed by atoms with Gasteiger partial charge >= 0.3 is 0 Å². The molecule has 0 radical (unpaired) electrons. The number of imidazole rings is 1. The van der Waals surface area contributed by atoms with Gasteiger partial charge in [-0.1, -0.05) is 30.3 Å². The van der Waals surface area contributed by atoms with Gasteiger partial charge in [-0.15, -0.1) is 0 Å². The van der Waals surface area contributed by atoms with Gasteiger partial charge in [-0.25, -0.2) is 4.98 Å². The summed E-state index contributed by atoms with van der Waals surface area (Å²) in [5.74, 6) is 1.80. The van der Waals surface area contributed by atoms with Gasteiger partial charge < -0.3 is 24.8 Å². The van der Waals surface area contributed by atoms with Crippen molar-refractivity contribution < 1.29 is 4.74 Å². The van der Waals surface area contributed by atoms with Gasteiger partial charge in [0.05, 0.1) is 31.6 Å². The molecular formula is C20H32N6O. The molecule has 7 heteroatoms. The summed E-state index contributed by atoms with van der Waals surface area (Å²) in [6.07, 6.45) is 1.88. The number of hydrogen-bond acceptors (Lipinski definition) is 4. The molecule has 0 amide bonds. The van der Waals surface area contributed by atoms with Gasteiger partial charge in [-0.2, -0.15) is 0 Å². The molecule has 2 N–H and O–H groups in total. The molecule has 1 heterocycles. The lowest BCUT2D eigenvalue weighted by Crippen LogP contribution is -2.39. The number of benzene rings is 1. The Morgan fingerprint density at radius 3 is 2.70 bits per heavy atom. The summed E-state index contributed by atoms with van der Waals surface area (Å²) >= 11 is 0. The standard InChI is InChI=1S/C20H32N6O/c1-5-21-20(22-11-12-25(2)13-14-27-4)26(3)16-19-23-15-18(24-19)17-9-7-6-8-10-17/h6-10,15H,5,11-14,16H2,1-4H3,(H,21,22)(H,23,24). The lowest BCUT2D eigenvalue weighted by molar-refractivity contribution is 0.163. The van der Waals surface area contributed by atoms with Crippen molar-refractivity contribution in [1.29, 1.82) is 0 Å². The fraction of sp³-hybridized carbons (Fsp3) is 0.500. The number of aromatic nitrogens is 2. The molecule has 0 unspecified atom stereocenters. The van der Waals surface area contributed by atoms with Gasteiger partial charge in [0.15, 0.2) is 5.96 Å². The molecule has 0 fully saturated rings. The molecule has 0 saturated heterocycles. The fourth-order valence-electron chi connectivity index (χ4n) is 2.66. The van der Waals surface area contributed by atoms with E-state index in [4.69, 9.17) is 9.73 Å². The lowest BCUT2D eigenvalue weighted by Gasteiger charge is -2.21. The number of hydrogen-bond donors (Lipinski definition) is 2. The highest BCUT2D eigenvalue weighted by Crippen LogP contribution is 2.16. The zero-order valence-electron chi connectivity index (χ0n) is 16.9. The summed E-state index contributed by atoms with van der Waals surface area (Å²) in [5, 5.41) is 3.35. The number of aromatic amines is 1. The quantitative estimate of drug-likeness (QED) is 0.493. The van der Waals surface area contributed by atoms with Crippen LogP contribution in [0.2, 0.25) is 0 Å². The Balaban J connectivity index is 1.93. The second-order valence-electron chi connectivity index (χ2n) is 6.50. The van der Waals surface area contributed by atoms with Crippen molar-refractivity contribution in [1.82, 2.24) is 25.1 Å². The highest BCUT2D eigenvalue weighted by molar-refractivity contribution is 5.79. The van der Waals surface area contributed by atoms with Gasteiger partial charge in [0.25, 0.3) is 0 Å². The molecule has 2 aromatic rings. The van der Waals surface area contributed by atoms with E-state index in [0.717, 1.165) is 55.8 Å². The van der Waals surface area contributed by atoms with Crippen molar-refractivity contribution in [3.05, 3.63) is 42.4 Å². The predicted octanol–water partition coefficient (Wildman–Crippen LogP) is 2.05. The van der Waals surface area contributed by atoms with E-state index in [-0.39, 0.29) is 0 Å². The van der Waals surface area contributed by atoms with E-state index < -0.39 is 0 Å². The van der Waals surface area contributed by atoms with Crippen LogP contribution in [0.25, 0.3) is 11.3 Å². The molecule has 1 aromatic carbocycles. The number of methoxy groups -OCH3 is 1. The third-order valence-electron chi connectivity index (χ3n) is 4.22. The minimum absolute atomic E-state index is 0.665. The maximum Gasteiger partial charge on any atom is 0.194 e. The van der Waals surface area contributed by atoms with Gasteiger partial charge in [0.2, 0.25) is 0 Å². The van der Waals surface area contributed by atoms with Crippen LogP contribution in [0.3, 0.4) is 0 Å². The summed E-state index contributed by atoms with van der Waals surface area (Å²) in [4.78, 5) is 16.9. The second-order valence-corrected chi connectivity index (χ2v) is 6.50. The van der Waals surface area contributed by atoms with Gasteiger partial charge in [-0.05, 0) is 19.5 Å². The van der Waals surface area contributed by atoms with Crippen LogP contribution >= 0.6 is 0 Å². The number of rotatable bonds is 10. The van der Waals surface area contributed by atoms with E-state index in [9.17, 15) is 0 Å². The first-order valence-electron chi connectivity index (χ1n) is 9.40. The summed E-state index contributed by atoms with van der Waals surface area (Å²) in [5.41, 5.74) is 2.17. The molecule has 148 valence electrons. The van der Waals surface area contributed by atoms with E-state index in [0.29, 0.717) is 6.54 Å². The zero-order valence-corrected chi connectivity index (χ0v) is 16.9.